The van der Waals surface area contributed by atoms with E-state index in [4.69, 9.17) is 4.74 Å². The maximum atomic E-state index is 13.5. The number of aliphatic imine (C=N–C) groups is 1. The number of ether oxygens (including phenoxy) is 1. The molecule has 3 unspecified atom stereocenters. The van der Waals surface area contributed by atoms with Crippen molar-refractivity contribution in [3.05, 3.63) is 29.8 Å². The SMILES string of the molecule is CN=C(NCC1CCN(c2ccc(F)c(F)c2)C1)N1CC(C)C(C(=O)OC)C1.I. The minimum atomic E-state index is -0.824. The first kappa shape index (κ1) is 23.6. The first-order valence-electron chi connectivity index (χ1n) is 9.66. The Morgan fingerprint density at radius 3 is 2.69 bits per heavy atom. The summed E-state index contributed by atoms with van der Waals surface area (Å²) in [5.74, 6) is -0.590. The first-order valence-corrected chi connectivity index (χ1v) is 9.66. The number of nitrogens with one attached hydrogen (secondary N) is 1. The Labute approximate surface area is 187 Å². The van der Waals surface area contributed by atoms with Gasteiger partial charge in [0.05, 0.1) is 13.0 Å². The van der Waals surface area contributed by atoms with Crippen LogP contribution in [0.5, 0.6) is 0 Å². The second-order valence-corrected chi connectivity index (χ2v) is 7.64. The summed E-state index contributed by atoms with van der Waals surface area (Å²) in [6.45, 7) is 5.72. The lowest BCUT2D eigenvalue weighted by Crippen LogP contribution is -2.42. The zero-order valence-corrected chi connectivity index (χ0v) is 19.4. The molecule has 1 N–H and O–H groups in total. The third-order valence-corrected chi connectivity index (χ3v) is 5.73. The van der Waals surface area contributed by atoms with Gasteiger partial charge in [0.2, 0.25) is 0 Å². The predicted molar refractivity (Wildman–Crippen MR) is 120 cm³/mol. The highest BCUT2D eigenvalue weighted by atomic mass is 127. The molecule has 6 nitrogen and oxygen atoms in total. The topological polar surface area (TPSA) is 57.2 Å². The van der Waals surface area contributed by atoms with Crippen LogP contribution >= 0.6 is 24.0 Å². The molecule has 0 aliphatic carbocycles. The molecule has 3 atom stereocenters. The van der Waals surface area contributed by atoms with Crippen LogP contribution in [0.2, 0.25) is 0 Å². The monoisotopic (exact) mass is 522 g/mol. The van der Waals surface area contributed by atoms with Crippen LogP contribution in [0.15, 0.2) is 23.2 Å². The Morgan fingerprint density at radius 2 is 2.03 bits per heavy atom. The van der Waals surface area contributed by atoms with Gasteiger partial charge in [-0.25, -0.2) is 8.78 Å². The Hall–Kier alpha value is -1.65. The van der Waals surface area contributed by atoms with Crippen LogP contribution < -0.4 is 10.2 Å². The molecule has 3 rings (SSSR count). The van der Waals surface area contributed by atoms with Gasteiger partial charge in [0.15, 0.2) is 17.6 Å². The molecule has 2 fully saturated rings. The Bertz CT molecular complexity index is 749. The molecule has 0 spiro atoms. The zero-order chi connectivity index (χ0) is 20.3. The van der Waals surface area contributed by atoms with Crippen molar-refractivity contribution in [3.8, 4) is 0 Å². The highest BCUT2D eigenvalue weighted by Crippen LogP contribution is 2.26. The van der Waals surface area contributed by atoms with E-state index in [9.17, 15) is 13.6 Å². The van der Waals surface area contributed by atoms with E-state index in [2.05, 4.69) is 20.1 Å². The number of carbonyl (C=O) groups is 1. The molecule has 29 heavy (non-hydrogen) atoms. The number of methoxy groups -OCH3 is 1. The van der Waals surface area contributed by atoms with Crippen molar-refractivity contribution >= 4 is 41.6 Å². The van der Waals surface area contributed by atoms with E-state index in [0.717, 1.165) is 38.6 Å². The highest BCUT2D eigenvalue weighted by molar-refractivity contribution is 14.0. The predicted octanol–water partition coefficient (Wildman–Crippen LogP) is 2.73. The molecule has 2 heterocycles. The minimum Gasteiger partial charge on any atom is -0.469 e. The standard InChI is InChI=1S/C20H28F2N4O2.HI/c1-13-10-26(12-16(13)19(27)28-3)20(23-2)24-9-14-6-7-25(11-14)15-4-5-17(21)18(22)8-15;/h4-5,8,13-14,16H,6-7,9-12H2,1-3H3,(H,23,24);1H. The van der Waals surface area contributed by atoms with Crippen molar-refractivity contribution in [2.45, 2.75) is 13.3 Å². The molecule has 0 saturated carbocycles. The summed E-state index contributed by atoms with van der Waals surface area (Å²) < 4.78 is 31.5. The Kier molecular flexibility index (Phi) is 8.47. The number of nitrogens with zero attached hydrogens (tertiary/aromatic N) is 3. The third-order valence-electron chi connectivity index (χ3n) is 5.73. The van der Waals surface area contributed by atoms with E-state index in [-0.39, 0.29) is 41.8 Å². The van der Waals surface area contributed by atoms with Gasteiger partial charge in [-0.1, -0.05) is 6.92 Å². The van der Waals surface area contributed by atoms with E-state index in [1.807, 2.05) is 6.92 Å². The average molecular weight is 522 g/mol. The average Bonchev–Trinajstić information content (AvgIpc) is 3.31. The molecule has 0 aromatic heterocycles. The van der Waals surface area contributed by atoms with Gasteiger partial charge < -0.3 is 19.9 Å². The second kappa shape index (κ2) is 10.4. The Balaban J connectivity index is 0.00000300. The molecule has 2 aliphatic rings. The number of halogens is 3. The Morgan fingerprint density at radius 1 is 1.28 bits per heavy atom. The van der Waals surface area contributed by atoms with Crippen LogP contribution in [0, 0.1) is 29.4 Å². The van der Waals surface area contributed by atoms with Crippen molar-refractivity contribution in [2.24, 2.45) is 22.7 Å². The third kappa shape index (κ3) is 5.49. The molecular weight excluding hydrogens is 493 g/mol. The quantitative estimate of drug-likeness (QED) is 0.286. The summed E-state index contributed by atoms with van der Waals surface area (Å²) in [6, 6.07) is 4.04. The van der Waals surface area contributed by atoms with Gasteiger partial charge in [-0.3, -0.25) is 9.79 Å². The van der Waals surface area contributed by atoms with Crippen molar-refractivity contribution in [1.29, 1.82) is 0 Å². The van der Waals surface area contributed by atoms with Crippen LogP contribution in [-0.2, 0) is 9.53 Å². The number of anilines is 1. The fourth-order valence-corrected chi connectivity index (χ4v) is 4.08. The van der Waals surface area contributed by atoms with E-state index in [0.29, 0.717) is 18.2 Å². The summed E-state index contributed by atoms with van der Waals surface area (Å²) in [6.07, 6.45) is 0.962. The first-order chi connectivity index (χ1) is 13.4. The van der Waals surface area contributed by atoms with Crippen LogP contribution in [0.1, 0.15) is 13.3 Å². The summed E-state index contributed by atoms with van der Waals surface area (Å²) in [5.41, 5.74) is 0.708. The normalized spacial score (nSPS) is 24.4. The maximum Gasteiger partial charge on any atom is 0.310 e. The summed E-state index contributed by atoms with van der Waals surface area (Å²) in [5, 5.41) is 3.41. The molecule has 9 heteroatoms. The number of hydrogen-bond acceptors (Lipinski definition) is 4. The zero-order valence-electron chi connectivity index (χ0n) is 17.0. The van der Waals surface area contributed by atoms with E-state index >= 15 is 0 Å². The number of likely N-dealkylation sites (tertiary alicyclic amines) is 1. The number of esters is 1. The number of rotatable bonds is 4. The van der Waals surface area contributed by atoms with Crippen molar-refractivity contribution in [1.82, 2.24) is 10.2 Å². The smallest absolute Gasteiger partial charge is 0.310 e. The number of carbonyl (C=O) groups excluding carboxylic acids is 1. The largest absolute Gasteiger partial charge is 0.469 e. The molecule has 1 aromatic rings. The number of guanidine groups is 1. The molecular formula is C20H29F2IN4O2. The summed E-state index contributed by atoms with van der Waals surface area (Å²) in [7, 11) is 3.16. The molecule has 0 radical (unpaired) electrons. The second-order valence-electron chi connectivity index (χ2n) is 7.64. The summed E-state index contributed by atoms with van der Waals surface area (Å²) in [4.78, 5) is 20.4. The fraction of sp³-hybridized carbons (Fsp3) is 0.600. The van der Waals surface area contributed by atoms with E-state index < -0.39 is 11.6 Å². The minimum absolute atomic E-state index is 0. The molecule has 0 amide bonds. The lowest BCUT2D eigenvalue weighted by atomic mass is 9.99. The maximum absolute atomic E-state index is 13.5. The van der Waals surface area contributed by atoms with Gasteiger partial charge in [0.25, 0.3) is 0 Å². The molecule has 1 aromatic carbocycles. The lowest BCUT2D eigenvalue weighted by molar-refractivity contribution is -0.145. The van der Waals surface area contributed by atoms with Crippen LogP contribution in [0.25, 0.3) is 0 Å². The summed E-state index contributed by atoms with van der Waals surface area (Å²) >= 11 is 0. The molecule has 162 valence electrons. The lowest BCUT2D eigenvalue weighted by Gasteiger charge is -2.23. The number of hydrogen-bond donors (Lipinski definition) is 1. The van der Waals surface area contributed by atoms with Gasteiger partial charge in [-0.05, 0) is 30.4 Å². The van der Waals surface area contributed by atoms with Gasteiger partial charge in [0, 0.05) is 51.5 Å². The van der Waals surface area contributed by atoms with Gasteiger partial charge in [0.1, 0.15) is 0 Å². The molecule has 2 aliphatic heterocycles. The molecule has 0 bridgehead atoms. The number of benzene rings is 1. The van der Waals surface area contributed by atoms with Crippen LogP contribution in [0.3, 0.4) is 0 Å². The molecule has 2 saturated heterocycles. The van der Waals surface area contributed by atoms with Crippen LogP contribution in [-0.4, -0.2) is 63.7 Å². The van der Waals surface area contributed by atoms with Crippen molar-refractivity contribution < 1.29 is 18.3 Å². The van der Waals surface area contributed by atoms with Crippen molar-refractivity contribution in [3.63, 3.8) is 0 Å². The fourth-order valence-electron chi connectivity index (χ4n) is 4.08. The van der Waals surface area contributed by atoms with Gasteiger partial charge in [-0.15, -0.1) is 24.0 Å². The van der Waals surface area contributed by atoms with E-state index in [1.165, 1.54) is 19.2 Å². The van der Waals surface area contributed by atoms with Crippen LogP contribution in [0.4, 0.5) is 14.5 Å². The van der Waals surface area contributed by atoms with E-state index in [1.54, 1.807) is 13.1 Å². The van der Waals surface area contributed by atoms with Gasteiger partial charge in [-0.2, -0.15) is 0 Å². The van der Waals surface area contributed by atoms with Gasteiger partial charge >= 0.3 is 5.97 Å². The highest BCUT2D eigenvalue weighted by Gasteiger charge is 2.37. The van der Waals surface area contributed by atoms with Crippen molar-refractivity contribution in [2.75, 3.05) is 51.8 Å².